The molecule has 2 saturated heterocycles. The first-order valence-corrected chi connectivity index (χ1v) is 9.06. The fraction of sp³-hybridized carbons (Fsp3) is 0.722. The van der Waals surface area contributed by atoms with Crippen molar-refractivity contribution in [2.45, 2.75) is 38.3 Å². The van der Waals surface area contributed by atoms with Gasteiger partial charge in [0.2, 0.25) is 5.91 Å². The Morgan fingerprint density at radius 2 is 2.04 bits per heavy atom. The Balaban J connectivity index is 1.54. The first kappa shape index (κ1) is 17.3. The summed E-state index contributed by atoms with van der Waals surface area (Å²) in [7, 11) is 4.08. The number of hydrogen-bond donors (Lipinski definition) is 0. The van der Waals surface area contributed by atoms with Crippen LogP contribution in [-0.4, -0.2) is 76.9 Å². The molecule has 1 atom stereocenters. The van der Waals surface area contributed by atoms with Crippen LogP contribution in [0, 0.1) is 5.92 Å². The van der Waals surface area contributed by atoms with Crippen LogP contribution < -0.4 is 0 Å². The van der Waals surface area contributed by atoms with Crippen LogP contribution in [0.3, 0.4) is 0 Å². The van der Waals surface area contributed by atoms with Gasteiger partial charge in [0.05, 0.1) is 24.4 Å². The van der Waals surface area contributed by atoms with Crippen molar-refractivity contribution < 1.29 is 4.79 Å². The van der Waals surface area contributed by atoms with Crippen LogP contribution in [-0.2, 0) is 11.3 Å². The van der Waals surface area contributed by atoms with Crippen molar-refractivity contribution in [3.63, 3.8) is 0 Å². The molecule has 1 aromatic heterocycles. The van der Waals surface area contributed by atoms with E-state index in [2.05, 4.69) is 26.8 Å². The predicted octanol–water partition coefficient (Wildman–Crippen LogP) is 1.24. The number of likely N-dealkylation sites (tertiary alicyclic amines) is 2. The lowest BCUT2D eigenvalue weighted by Crippen LogP contribution is -2.50. The molecule has 1 amide bonds. The lowest BCUT2D eigenvalue weighted by molar-refractivity contribution is -0.137. The largest absolute Gasteiger partial charge is 0.340 e. The molecule has 0 N–H and O–H groups in total. The van der Waals surface area contributed by atoms with E-state index in [0.717, 1.165) is 31.6 Å². The topological polar surface area (TPSA) is 52.6 Å². The zero-order valence-electron chi connectivity index (χ0n) is 14.9. The Morgan fingerprint density at radius 1 is 1.25 bits per heavy atom. The van der Waals surface area contributed by atoms with E-state index in [9.17, 15) is 4.79 Å². The Hall–Kier alpha value is -1.53. The minimum absolute atomic E-state index is 0.125. The highest BCUT2D eigenvalue weighted by Crippen LogP contribution is 2.24. The van der Waals surface area contributed by atoms with Crippen molar-refractivity contribution in [2.24, 2.45) is 5.92 Å². The van der Waals surface area contributed by atoms with Crippen LogP contribution in [0.2, 0.25) is 0 Å². The van der Waals surface area contributed by atoms with Crippen LogP contribution in [0.5, 0.6) is 0 Å². The van der Waals surface area contributed by atoms with Gasteiger partial charge in [-0.3, -0.25) is 19.7 Å². The average molecular weight is 331 g/mol. The molecule has 132 valence electrons. The molecule has 1 unspecified atom stereocenters. The van der Waals surface area contributed by atoms with Crippen LogP contribution in [0.25, 0.3) is 0 Å². The highest BCUT2D eigenvalue weighted by Gasteiger charge is 2.32. The monoisotopic (exact) mass is 331 g/mol. The van der Waals surface area contributed by atoms with E-state index in [-0.39, 0.29) is 11.8 Å². The summed E-state index contributed by atoms with van der Waals surface area (Å²) < 4.78 is 0. The van der Waals surface area contributed by atoms with E-state index in [1.54, 1.807) is 18.6 Å². The first-order chi connectivity index (χ1) is 11.6. The number of nitrogens with zero attached hydrogens (tertiary/aromatic N) is 5. The number of amides is 1. The quantitative estimate of drug-likeness (QED) is 0.831. The Bertz CT molecular complexity index is 529. The van der Waals surface area contributed by atoms with Crippen LogP contribution in [0.15, 0.2) is 18.6 Å². The molecule has 1 aromatic rings. The molecule has 3 rings (SSSR count). The Morgan fingerprint density at radius 3 is 2.75 bits per heavy atom. The molecule has 0 spiro atoms. The maximum absolute atomic E-state index is 12.8. The molecule has 0 aromatic carbocycles. The summed E-state index contributed by atoms with van der Waals surface area (Å²) >= 11 is 0. The molecular weight excluding hydrogens is 302 g/mol. The van der Waals surface area contributed by atoms with Gasteiger partial charge in [-0.05, 0) is 52.4 Å². The van der Waals surface area contributed by atoms with Crippen molar-refractivity contribution >= 4 is 5.91 Å². The van der Waals surface area contributed by atoms with Crippen molar-refractivity contribution in [3.05, 3.63) is 24.3 Å². The molecule has 0 aliphatic carbocycles. The van der Waals surface area contributed by atoms with Gasteiger partial charge in [-0.2, -0.15) is 0 Å². The smallest absolute Gasteiger partial charge is 0.227 e. The SMILES string of the molecule is CN1CCC(N2CCCC(C(=O)N(C)Cc3cnccn3)C2)CC1. The highest BCUT2D eigenvalue weighted by atomic mass is 16.2. The van der Waals surface area contributed by atoms with E-state index >= 15 is 0 Å². The minimum atomic E-state index is 0.125. The molecule has 2 aliphatic rings. The van der Waals surface area contributed by atoms with Gasteiger partial charge in [0.25, 0.3) is 0 Å². The van der Waals surface area contributed by atoms with Gasteiger partial charge in [0, 0.05) is 32.0 Å². The highest BCUT2D eigenvalue weighted by molar-refractivity contribution is 5.78. The number of carbonyl (C=O) groups is 1. The molecule has 6 heteroatoms. The van der Waals surface area contributed by atoms with Gasteiger partial charge in [-0.1, -0.05) is 0 Å². The van der Waals surface area contributed by atoms with Crippen molar-refractivity contribution in [3.8, 4) is 0 Å². The molecule has 2 fully saturated rings. The summed E-state index contributed by atoms with van der Waals surface area (Å²) in [5, 5.41) is 0. The molecule has 24 heavy (non-hydrogen) atoms. The second kappa shape index (κ2) is 8.03. The average Bonchev–Trinajstić information content (AvgIpc) is 2.62. The van der Waals surface area contributed by atoms with Crippen LogP contribution in [0.1, 0.15) is 31.4 Å². The van der Waals surface area contributed by atoms with Crippen molar-refractivity contribution in [1.82, 2.24) is 24.7 Å². The third kappa shape index (κ3) is 4.30. The third-order valence-corrected chi connectivity index (χ3v) is 5.40. The Labute approximate surface area is 144 Å². The Kier molecular flexibility index (Phi) is 5.79. The normalized spacial score (nSPS) is 24.0. The molecule has 0 radical (unpaired) electrons. The molecule has 2 aliphatic heterocycles. The lowest BCUT2D eigenvalue weighted by Gasteiger charge is -2.41. The standard InChI is InChI=1S/C18H29N5O/c1-21-10-5-17(6-11-21)23-9-3-4-15(13-23)18(24)22(2)14-16-12-19-7-8-20-16/h7-8,12,15,17H,3-6,9-11,13-14H2,1-2H3. The fourth-order valence-corrected chi connectivity index (χ4v) is 3.94. The summed E-state index contributed by atoms with van der Waals surface area (Å²) in [4.78, 5) is 27.9. The van der Waals surface area contributed by atoms with E-state index in [4.69, 9.17) is 0 Å². The number of carbonyl (C=O) groups excluding carboxylic acids is 1. The maximum Gasteiger partial charge on any atom is 0.227 e. The van der Waals surface area contributed by atoms with Crippen molar-refractivity contribution in [1.29, 1.82) is 0 Å². The van der Waals surface area contributed by atoms with Gasteiger partial charge in [0.15, 0.2) is 0 Å². The number of piperidine rings is 2. The lowest BCUT2D eigenvalue weighted by atomic mass is 9.93. The molecule has 0 saturated carbocycles. The van der Waals surface area contributed by atoms with Crippen molar-refractivity contribution in [2.75, 3.05) is 40.3 Å². The molecule has 6 nitrogen and oxygen atoms in total. The van der Waals surface area contributed by atoms with Crippen LogP contribution >= 0.6 is 0 Å². The summed E-state index contributed by atoms with van der Waals surface area (Å²) in [5.41, 5.74) is 0.844. The number of aromatic nitrogens is 2. The summed E-state index contributed by atoms with van der Waals surface area (Å²) in [5.74, 6) is 0.373. The molecule has 3 heterocycles. The second-order valence-electron chi connectivity index (χ2n) is 7.26. The molecular formula is C18H29N5O. The fourth-order valence-electron chi connectivity index (χ4n) is 3.94. The number of hydrogen-bond acceptors (Lipinski definition) is 5. The summed E-state index contributed by atoms with van der Waals surface area (Å²) in [6, 6.07) is 0.655. The maximum atomic E-state index is 12.8. The van der Waals surface area contributed by atoms with E-state index in [0.29, 0.717) is 12.6 Å². The van der Waals surface area contributed by atoms with Gasteiger partial charge in [-0.25, -0.2) is 0 Å². The zero-order valence-corrected chi connectivity index (χ0v) is 14.9. The summed E-state index contributed by atoms with van der Waals surface area (Å²) in [6.07, 6.45) is 9.66. The van der Waals surface area contributed by atoms with Gasteiger partial charge in [0.1, 0.15) is 0 Å². The van der Waals surface area contributed by atoms with Gasteiger partial charge in [-0.15, -0.1) is 0 Å². The van der Waals surface area contributed by atoms with E-state index in [1.165, 1.54) is 25.9 Å². The summed E-state index contributed by atoms with van der Waals surface area (Å²) in [6.45, 7) is 4.94. The zero-order chi connectivity index (χ0) is 16.9. The first-order valence-electron chi connectivity index (χ1n) is 9.06. The molecule has 0 bridgehead atoms. The minimum Gasteiger partial charge on any atom is -0.340 e. The van der Waals surface area contributed by atoms with Gasteiger partial charge < -0.3 is 9.80 Å². The van der Waals surface area contributed by atoms with Gasteiger partial charge >= 0.3 is 0 Å². The van der Waals surface area contributed by atoms with Crippen LogP contribution in [0.4, 0.5) is 0 Å². The van der Waals surface area contributed by atoms with E-state index in [1.807, 2.05) is 11.9 Å². The number of rotatable bonds is 4. The van der Waals surface area contributed by atoms with E-state index < -0.39 is 0 Å². The third-order valence-electron chi connectivity index (χ3n) is 5.40. The second-order valence-corrected chi connectivity index (χ2v) is 7.26. The predicted molar refractivity (Wildman–Crippen MR) is 93.3 cm³/mol.